The second kappa shape index (κ2) is 5.92. The lowest BCUT2D eigenvalue weighted by molar-refractivity contribution is -0.132. The number of benzene rings is 1. The normalized spacial score (nSPS) is 19.4. The third-order valence-corrected chi connectivity index (χ3v) is 4.38. The highest BCUT2D eigenvalue weighted by Crippen LogP contribution is 2.23. The molecule has 1 aromatic carbocycles. The SMILES string of the molecule is CN1CC(NC(=O)c2ccc(Br)c(Cl)c2)CCC1=O. The van der Waals surface area contributed by atoms with E-state index in [0.29, 0.717) is 30.0 Å². The van der Waals surface area contributed by atoms with Crippen molar-refractivity contribution in [2.75, 3.05) is 13.6 Å². The summed E-state index contributed by atoms with van der Waals surface area (Å²) in [5.74, 6) is -0.0423. The number of amides is 2. The number of likely N-dealkylation sites (N-methyl/N-ethyl adjacent to an activating group) is 1. The molecule has 102 valence electrons. The molecule has 6 heteroatoms. The smallest absolute Gasteiger partial charge is 0.251 e. The zero-order valence-electron chi connectivity index (χ0n) is 10.5. The van der Waals surface area contributed by atoms with Crippen LogP contribution in [0.5, 0.6) is 0 Å². The van der Waals surface area contributed by atoms with Crippen LogP contribution in [-0.4, -0.2) is 36.3 Å². The Labute approximate surface area is 125 Å². The zero-order valence-corrected chi connectivity index (χ0v) is 12.8. The minimum Gasteiger partial charge on any atom is -0.348 e. The van der Waals surface area contributed by atoms with Crippen molar-refractivity contribution < 1.29 is 9.59 Å². The van der Waals surface area contributed by atoms with Crippen LogP contribution in [0.1, 0.15) is 23.2 Å². The third kappa shape index (κ3) is 3.48. The van der Waals surface area contributed by atoms with Crippen molar-refractivity contribution in [3.05, 3.63) is 33.3 Å². The van der Waals surface area contributed by atoms with Gasteiger partial charge in [0.2, 0.25) is 5.91 Å². The van der Waals surface area contributed by atoms with Gasteiger partial charge in [-0.15, -0.1) is 0 Å². The molecule has 0 saturated carbocycles. The molecule has 0 aromatic heterocycles. The van der Waals surface area contributed by atoms with Gasteiger partial charge in [0.1, 0.15) is 0 Å². The molecule has 1 saturated heterocycles. The number of rotatable bonds is 2. The number of hydrogen-bond donors (Lipinski definition) is 1. The van der Waals surface area contributed by atoms with E-state index in [1.165, 1.54) is 0 Å². The highest BCUT2D eigenvalue weighted by molar-refractivity contribution is 9.10. The fourth-order valence-corrected chi connectivity index (χ4v) is 2.46. The van der Waals surface area contributed by atoms with Crippen molar-refractivity contribution in [1.29, 1.82) is 0 Å². The van der Waals surface area contributed by atoms with Crippen molar-refractivity contribution in [2.45, 2.75) is 18.9 Å². The first kappa shape index (κ1) is 14.3. The fraction of sp³-hybridized carbons (Fsp3) is 0.385. The summed E-state index contributed by atoms with van der Waals surface area (Å²) < 4.78 is 0.758. The molecule has 2 amide bonds. The Bertz CT molecular complexity index is 521. The minimum absolute atomic E-state index is 0.00220. The molecule has 2 rings (SSSR count). The second-order valence-corrected chi connectivity index (χ2v) is 5.87. The standard InChI is InChI=1S/C13H14BrClN2O2/c1-17-7-9(3-5-12(17)18)16-13(19)8-2-4-10(14)11(15)6-8/h2,4,6,9H,3,5,7H2,1H3,(H,16,19). The van der Waals surface area contributed by atoms with E-state index in [1.54, 1.807) is 30.1 Å². The summed E-state index contributed by atoms with van der Waals surface area (Å²) >= 11 is 9.25. The lowest BCUT2D eigenvalue weighted by Gasteiger charge is -2.30. The number of likely N-dealkylation sites (tertiary alicyclic amines) is 1. The number of halogens is 2. The van der Waals surface area contributed by atoms with E-state index in [1.807, 2.05) is 0 Å². The van der Waals surface area contributed by atoms with Gasteiger partial charge in [0.05, 0.1) is 5.02 Å². The number of carbonyl (C=O) groups excluding carboxylic acids is 2. The molecule has 1 N–H and O–H groups in total. The average Bonchev–Trinajstić information content (AvgIpc) is 2.37. The molecule has 1 fully saturated rings. The molecular weight excluding hydrogens is 332 g/mol. The summed E-state index contributed by atoms with van der Waals surface area (Å²) in [6.07, 6.45) is 1.15. The average molecular weight is 346 g/mol. The molecule has 1 aromatic rings. The van der Waals surface area contributed by atoms with Crippen LogP contribution in [0.2, 0.25) is 5.02 Å². The Kier molecular flexibility index (Phi) is 4.47. The highest BCUT2D eigenvalue weighted by atomic mass is 79.9. The monoisotopic (exact) mass is 344 g/mol. The van der Waals surface area contributed by atoms with Crippen molar-refractivity contribution in [1.82, 2.24) is 10.2 Å². The number of nitrogens with one attached hydrogen (secondary N) is 1. The van der Waals surface area contributed by atoms with Crippen LogP contribution in [0.25, 0.3) is 0 Å². The van der Waals surface area contributed by atoms with Gasteiger partial charge < -0.3 is 10.2 Å². The topological polar surface area (TPSA) is 49.4 Å². The molecular formula is C13H14BrClN2O2. The first-order chi connectivity index (χ1) is 8.97. The van der Waals surface area contributed by atoms with Crippen LogP contribution in [0.4, 0.5) is 0 Å². The minimum atomic E-state index is -0.165. The van der Waals surface area contributed by atoms with Gasteiger partial charge >= 0.3 is 0 Å². The first-order valence-corrected chi connectivity index (χ1v) is 7.14. The maximum absolute atomic E-state index is 12.1. The number of hydrogen-bond acceptors (Lipinski definition) is 2. The lowest BCUT2D eigenvalue weighted by Crippen LogP contribution is -2.48. The first-order valence-electron chi connectivity index (χ1n) is 5.97. The highest BCUT2D eigenvalue weighted by Gasteiger charge is 2.24. The van der Waals surface area contributed by atoms with Gasteiger partial charge in [0.15, 0.2) is 0 Å². The molecule has 0 radical (unpaired) electrons. The van der Waals surface area contributed by atoms with E-state index in [4.69, 9.17) is 11.6 Å². The Hall–Kier alpha value is -1.07. The van der Waals surface area contributed by atoms with Crippen LogP contribution in [0.15, 0.2) is 22.7 Å². The zero-order chi connectivity index (χ0) is 14.0. The van der Waals surface area contributed by atoms with E-state index < -0.39 is 0 Å². The van der Waals surface area contributed by atoms with Crippen LogP contribution in [0, 0.1) is 0 Å². The van der Waals surface area contributed by atoms with E-state index in [9.17, 15) is 9.59 Å². The van der Waals surface area contributed by atoms with E-state index in [-0.39, 0.29) is 17.9 Å². The molecule has 0 aliphatic carbocycles. The van der Waals surface area contributed by atoms with E-state index >= 15 is 0 Å². The molecule has 1 aliphatic heterocycles. The molecule has 0 bridgehead atoms. The van der Waals surface area contributed by atoms with Crippen LogP contribution >= 0.6 is 27.5 Å². The largest absolute Gasteiger partial charge is 0.348 e. The van der Waals surface area contributed by atoms with Crippen LogP contribution < -0.4 is 5.32 Å². The molecule has 4 nitrogen and oxygen atoms in total. The Morgan fingerprint density at radius 3 is 2.89 bits per heavy atom. The summed E-state index contributed by atoms with van der Waals surface area (Å²) in [4.78, 5) is 25.1. The molecule has 1 unspecified atom stereocenters. The lowest BCUT2D eigenvalue weighted by atomic mass is 10.1. The van der Waals surface area contributed by atoms with Gasteiger partial charge in [-0.2, -0.15) is 0 Å². The summed E-state index contributed by atoms with van der Waals surface area (Å²) in [6.45, 7) is 0.550. The summed E-state index contributed by atoms with van der Waals surface area (Å²) in [5, 5.41) is 3.43. The van der Waals surface area contributed by atoms with Crippen molar-refractivity contribution in [2.24, 2.45) is 0 Å². The van der Waals surface area contributed by atoms with Crippen LogP contribution in [0.3, 0.4) is 0 Å². The summed E-state index contributed by atoms with van der Waals surface area (Å²) in [6, 6.07) is 5.08. The van der Waals surface area contributed by atoms with E-state index in [2.05, 4.69) is 21.2 Å². The molecule has 1 heterocycles. The predicted molar refractivity (Wildman–Crippen MR) is 77.3 cm³/mol. The molecule has 1 atom stereocenters. The number of piperidine rings is 1. The predicted octanol–water partition coefficient (Wildman–Crippen LogP) is 2.45. The molecule has 19 heavy (non-hydrogen) atoms. The third-order valence-electron chi connectivity index (χ3n) is 3.14. The van der Waals surface area contributed by atoms with Crippen molar-refractivity contribution in [3.63, 3.8) is 0 Å². The van der Waals surface area contributed by atoms with Crippen molar-refractivity contribution >= 4 is 39.3 Å². The van der Waals surface area contributed by atoms with E-state index in [0.717, 1.165) is 4.47 Å². The fourth-order valence-electron chi connectivity index (χ4n) is 2.04. The summed E-state index contributed by atoms with van der Waals surface area (Å²) in [7, 11) is 1.75. The molecule has 1 aliphatic rings. The Morgan fingerprint density at radius 2 is 2.26 bits per heavy atom. The van der Waals surface area contributed by atoms with Gasteiger partial charge in [-0.05, 0) is 40.5 Å². The van der Waals surface area contributed by atoms with Gasteiger partial charge in [0.25, 0.3) is 5.91 Å². The maximum atomic E-state index is 12.1. The van der Waals surface area contributed by atoms with Crippen LogP contribution in [-0.2, 0) is 4.79 Å². The molecule has 0 spiro atoms. The van der Waals surface area contributed by atoms with Gasteiger partial charge in [-0.25, -0.2) is 0 Å². The summed E-state index contributed by atoms with van der Waals surface area (Å²) in [5.41, 5.74) is 0.521. The van der Waals surface area contributed by atoms with Crippen molar-refractivity contribution in [3.8, 4) is 0 Å². The van der Waals surface area contributed by atoms with Gasteiger partial charge in [-0.1, -0.05) is 11.6 Å². The maximum Gasteiger partial charge on any atom is 0.251 e. The Morgan fingerprint density at radius 1 is 1.53 bits per heavy atom. The number of carbonyl (C=O) groups is 2. The number of nitrogens with zero attached hydrogens (tertiary/aromatic N) is 1. The van der Waals surface area contributed by atoms with Gasteiger partial charge in [0, 0.05) is 36.1 Å². The quantitative estimate of drug-likeness (QED) is 0.895. The van der Waals surface area contributed by atoms with Gasteiger partial charge in [-0.3, -0.25) is 9.59 Å². The Balaban J connectivity index is 2.01. The second-order valence-electron chi connectivity index (χ2n) is 4.61.